The zero-order chi connectivity index (χ0) is 25.8. The highest BCUT2D eigenvalue weighted by Crippen LogP contribution is 2.07. The molecule has 0 saturated carbocycles. The molecule has 1 aromatic rings. The molecule has 1 aromatic carbocycles. The lowest BCUT2D eigenvalue weighted by molar-refractivity contribution is -0.144. The summed E-state index contributed by atoms with van der Waals surface area (Å²) in [5.74, 6) is -4.70. The van der Waals surface area contributed by atoms with E-state index in [-0.39, 0.29) is 12.3 Å². The number of rotatable bonds is 14. The summed E-state index contributed by atoms with van der Waals surface area (Å²) in [4.78, 5) is 60.2. The minimum absolute atomic E-state index is 0.0754. The lowest BCUT2D eigenvalue weighted by Crippen LogP contribution is -2.58. The van der Waals surface area contributed by atoms with Crippen LogP contribution < -0.4 is 27.4 Å². The topological polar surface area (TPSA) is 214 Å². The van der Waals surface area contributed by atoms with Crippen molar-refractivity contribution >= 4 is 29.6 Å². The molecular formula is C22H33N5O7. The van der Waals surface area contributed by atoms with E-state index in [1.54, 1.807) is 30.3 Å². The van der Waals surface area contributed by atoms with Crippen LogP contribution in [0.4, 0.5) is 0 Å². The van der Waals surface area contributed by atoms with Crippen molar-refractivity contribution in [1.82, 2.24) is 16.0 Å². The lowest BCUT2D eigenvalue weighted by atomic mass is 10.0. The average molecular weight is 480 g/mol. The summed E-state index contributed by atoms with van der Waals surface area (Å²) in [7, 11) is 0. The molecule has 1 rings (SSSR count). The Morgan fingerprint density at radius 3 is 1.91 bits per heavy atom. The number of carbonyl (C=O) groups excluding carboxylic acids is 4. The molecule has 12 heteroatoms. The number of carboxylic acids is 1. The van der Waals surface area contributed by atoms with Gasteiger partial charge in [-0.05, 0) is 17.9 Å². The van der Waals surface area contributed by atoms with Crippen molar-refractivity contribution in [3.05, 3.63) is 35.9 Å². The molecular weight excluding hydrogens is 446 g/mol. The van der Waals surface area contributed by atoms with Crippen LogP contribution in [0.3, 0.4) is 0 Å². The molecule has 4 unspecified atom stereocenters. The van der Waals surface area contributed by atoms with E-state index in [4.69, 9.17) is 16.6 Å². The number of hydrogen-bond donors (Lipinski definition) is 7. The molecule has 0 heterocycles. The number of hydrogen-bond acceptors (Lipinski definition) is 7. The lowest BCUT2D eigenvalue weighted by Gasteiger charge is -2.24. The first-order valence-corrected chi connectivity index (χ1v) is 10.8. The number of primary amides is 1. The molecule has 12 nitrogen and oxygen atoms in total. The van der Waals surface area contributed by atoms with Crippen LogP contribution >= 0.6 is 0 Å². The molecule has 0 saturated heterocycles. The summed E-state index contributed by atoms with van der Waals surface area (Å²) in [5.41, 5.74) is 11.6. The highest BCUT2D eigenvalue weighted by molar-refractivity contribution is 5.95. The molecule has 34 heavy (non-hydrogen) atoms. The van der Waals surface area contributed by atoms with Crippen LogP contribution in [0.2, 0.25) is 0 Å². The number of nitrogens with two attached hydrogens (primary N) is 2. The Hall–Kier alpha value is -3.51. The van der Waals surface area contributed by atoms with Crippen molar-refractivity contribution in [1.29, 1.82) is 0 Å². The van der Waals surface area contributed by atoms with E-state index >= 15 is 0 Å². The van der Waals surface area contributed by atoms with Gasteiger partial charge in [-0.15, -0.1) is 0 Å². The number of amides is 4. The standard InChI is InChI=1S/C22H33N5O7/c1-12(2)8-14(23)19(30)25-15(9-13-6-4-3-5-7-13)20(31)27-17(11-28)21(32)26-16(22(33)34)10-18(24)29/h3-7,12,14-17,28H,8-11,23H2,1-2H3,(H2,24,29)(H,25,30)(H,26,32)(H,27,31)(H,33,34). The average Bonchev–Trinajstić information content (AvgIpc) is 2.75. The van der Waals surface area contributed by atoms with Gasteiger partial charge in [0.15, 0.2) is 0 Å². The van der Waals surface area contributed by atoms with Crippen molar-refractivity contribution in [3.63, 3.8) is 0 Å². The van der Waals surface area contributed by atoms with Gasteiger partial charge in [0.1, 0.15) is 18.1 Å². The largest absolute Gasteiger partial charge is 0.480 e. The molecule has 0 spiro atoms. The molecule has 0 fully saturated rings. The van der Waals surface area contributed by atoms with Crippen LogP contribution in [0.25, 0.3) is 0 Å². The van der Waals surface area contributed by atoms with E-state index < -0.39 is 66.8 Å². The quantitative estimate of drug-likeness (QED) is 0.158. The molecule has 9 N–H and O–H groups in total. The summed E-state index contributed by atoms with van der Waals surface area (Å²) in [6, 6.07) is 3.63. The van der Waals surface area contributed by atoms with E-state index in [1.165, 1.54) is 0 Å². The fourth-order valence-electron chi connectivity index (χ4n) is 3.09. The molecule has 0 bridgehead atoms. The van der Waals surface area contributed by atoms with Gasteiger partial charge in [-0.2, -0.15) is 0 Å². The zero-order valence-corrected chi connectivity index (χ0v) is 19.2. The second-order valence-corrected chi connectivity index (χ2v) is 8.30. The van der Waals surface area contributed by atoms with E-state index in [2.05, 4.69) is 16.0 Å². The number of aliphatic hydroxyl groups is 1. The molecule has 4 atom stereocenters. The van der Waals surface area contributed by atoms with Gasteiger partial charge in [0, 0.05) is 6.42 Å². The van der Waals surface area contributed by atoms with Gasteiger partial charge in [0.25, 0.3) is 0 Å². The predicted molar refractivity (Wildman–Crippen MR) is 122 cm³/mol. The Labute approximate surface area is 197 Å². The molecule has 0 aliphatic rings. The SMILES string of the molecule is CC(C)CC(N)C(=O)NC(Cc1ccccc1)C(=O)NC(CO)C(=O)NC(CC(N)=O)C(=O)O. The van der Waals surface area contributed by atoms with Gasteiger partial charge < -0.3 is 37.6 Å². The van der Waals surface area contributed by atoms with Gasteiger partial charge in [0.05, 0.1) is 19.1 Å². The number of carboxylic acid groups (broad SMARTS) is 1. The van der Waals surface area contributed by atoms with Crippen LogP contribution in [-0.2, 0) is 30.4 Å². The number of benzene rings is 1. The van der Waals surface area contributed by atoms with Crippen LogP contribution in [0.1, 0.15) is 32.3 Å². The van der Waals surface area contributed by atoms with Gasteiger partial charge in [-0.3, -0.25) is 19.2 Å². The Morgan fingerprint density at radius 1 is 0.882 bits per heavy atom. The highest BCUT2D eigenvalue weighted by atomic mass is 16.4. The Morgan fingerprint density at radius 2 is 1.41 bits per heavy atom. The maximum absolute atomic E-state index is 13.0. The Balaban J connectivity index is 2.98. The second kappa shape index (κ2) is 13.9. The van der Waals surface area contributed by atoms with E-state index in [1.807, 2.05) is 13.8 Å². The van der Waals surface area contributed by atoms with E-state index in [9.17, 15) is 29.1 Å². The fourth-order valence-corrected chi connectivity index (χ4v) is 3.09. The molecule has 188 valence electrons. The summed E-state index contributed by atoms with van der Waals surface area (Å²) in [6.45, 7) is 2.93. The zero-order valence-electron chi connectivity index (χ0n) is 19.2. The maximum atomic E-state index is 13.0. The number of carbonyl (C=O) groups is 5. The molecule has 0 aromatic heterocycles. The third-order valence-electron chi connectivity index (χ3n) is 4.81. The molecule has 0 aliphatic heterocycles. The monoisotopic (exact) mass is 479 g/mol. The van der Waals surface area contributed by atoms with Crippen molar-refractivity contribution in [2.24, 2.45) is 17.4 Å². The molecule has 4 amide bonds. The molecule has 0 radical (unpaired) electrons. The van der Waals surface area contributed by atoms with Crippen LogP contribution in [0, 0.1) is 5.92 Å². The third-order valence-corrected chi connectivity index (χ3v) is 4.81. The van der Waals surface area contributed by atoms with E-state index in [0.717, 1.165) is 5.56 Å². The van der Waals surface area contributed by atoms with Crippen molar-refractivity contribution in [2.45, 2.75) is 57.3 Å². The fraction of sp³-hybridized carbons (Fsp3) is 0.500. The Kier molecular flexibility index (Phi) is 11.7. The highest BCUT2D eigenvalue weighted by Gasteiger charge is 2.30. The minimum Gasteiger partial charge on any atom is -0.480 e. The number of nitrogens with one attached hydrogen (secondary N) is 3. The van der Waals surface area contributed by atoms with Gasteiger partial charge in [-0.25, -0.2) is 4.79 Å². The Bertz CT molecular complexity index is 862. The second-order valence-electron chi connectivity index (χ2n) is 8.30. The first-order valence-electron chi connectivity index (χ1n) is 10.8. The summed E-state index contributed by atoms with van der Waals surface area (Å²) in [6.07, 6.45) is -0.205. The van der Waals surface area contributed by atoms with E-state index in [0.29, 0.717) is 6.42 Å². The summed E-state index contributed by atoms with van der Waals surface area (Å²) in [5, 5.41) is 25.7. The maximum Gasteiger partial charge on any atom is 0.326 e. The first kappa shape index (κ1) is 28.5. The number of aliphatic carboxylic acids is 1. The minimum atomic E-state index is -1.63. The van der Waals surface area contributed by atoms with Gasteiger partial charge >= 0.3 is 5.97 Å². The molecule has 0 aliphatic carbocycles. The number of aliphatic hydroxyl groups excluding tert-OH is 1. The smallest absolute Gasteiger partial charge is 0.326 e. The van der Waals surface area contributed by atoms with Crippen LogP contribution in [-0.4, -0.2) is 70.6 Å². The third kappa shape index (κ3) is 9.96. The normalized spacial score (nSPS) is 14.4. The van der Waals surface area contributed by atoms with Gasteiger partial charge in [-0.1, -0.05) is 44.2 Å². The van der Waals surface area contributed by atoms with Crippen LogP contribution in [0.15, 0.2) is 30.3 Å². The van der Waals surface area contributed by atoms with Crippen molar-refractivity contribution in [3.8, 4) is 0 Å². The van der Waals surface area contributed by atoms with Crippen LogP contribution in [0.5, 0.6) is 0 Å². The summed E-state index contributed by atoms with van der Waals surface area (Å²) < 4.78 is 0. The van der Waals surface area contributed by atoms with Gasteiger partial charge in [0.2, 0.25) is 23.6 Å². The first-order chi connectivity index (χ1) is 15.9. The van der Waals surface area contributed by atoms with Crippen molar-refractivity contribution in [2.75, 3.05) is 6.61 Å². The van der Waals surface area contributed by atoms with Crippen molar-refractivity contribution < 1.29 is 34.2 Å². The predicted octanol–water partition coefficient (Wildman–Crippen LogP) is -1.99. The summed E-state index contributed by atoms with van der Waals surface area (Å²) >= 11 is 0.